The van der Waals surface area contributed by atoms with Gasteiger partial charge in [-0.15, -0.1) is 0 Å². The van der Waals surface area contributed by atoms with E-state index >= 15 is 0 Å². The van der Waals surface area contributed by atoms with Gasteiger partial charge in [-0.05, 0) is 59.9 Å². The van der Waals surface area contributed by atoms with Crippen LogP contribution in [0.2, 0.25) is 0 Å². The Morgan fingerprint density at radius 3 is 2.73 bits per heavy atom. The maximum Gasteiger partial charge on any atom is 0.223 e. The highest BCUT2D eigenvalue weighted by atomic mass is 16.3. The largest absolute Gasteiger partial charge is 0.466 e. The van der Waals surface area contributed by atoms with Crippen molar-refractivity contribution in [3.05, 3.63) is 23.2 Å². The summed E-state index contributed by atoms with van der Waals surface area (Å²) in [4.78, 5) is 17.0. The van der Waals surface area contributed by atoms with Gasteiger partial charge in [-0.25, -0.2) is 4.99 Å². The molecule has 0 aromatic carbocycles. The molecule has 26 heavy (non-hydrogen) atoms. The van der Waals surface area contributed by atoms with E-state index in [9.17, 15) is 4.79 Å². The van der Waals surface area contributed by atoms with Crippen LogP contribution in [0.1, 0.15) is 63.5 Å². The third-order valence-electron chi connectivity index (χ3n) is 4.71. The average molecular weight is 363 g/mol. The summed E-state index contributed by atoms with van der Waals surface area (Å²) in [5.41, 5.74) is 1.11. The number of aliphatic imine (C=N–C) groups is 1. The number of aryl methyl sites for hydroxylation is 2. The van der Waals surface area contributed by atoms with Gasteiger partial charge in [-0.2, -0.15) is 0 Å². The van der Waals surface area contributed by atoms with Gasteiger partial charge < -0.3 is 20.4 Å². The Morgan fingerprint density at radius 1 is 1.35 bits per heavy atom. The van der Waals surface area contributed by atoms with E-state index < -0.39 is 0 Å². The maximum absolute atomic E-state index is 12.3. The number of carbonyl (C=O) groups excluding carboxylic acids is 1. The summed E-state index contributed by atoms with van der Waals surface area (Å²) in [5, 5.41) is 9.87. The Kier molecular flexibility index (Phi) is 7.54. The molecule has 0 spiro atoms. The molecule has 6 heteroatoms. The van der Waals surface area contributed by atoms with Crippen LogP contribution in [-0.2, 0) is 11.3 Å². The van der Waals surface area contributed by atoms with Gasteiger partial charge in [-0.3, -0.25) is 4.79 Å². The molecule has 1 amide bonds. The first kappa shape index (κ1) is 20.3. The number of furan rings is 1. The summed E-state index contributed by atoms with van der Waals surface area (Å²) in [5.74, 6) is 2.91. The Labute approximate surface area is 157 Å². The number of guanidine groups is 1. The number of carbonyl (C=O) groups is 1. The van der Waals surface area contributed by atoms with Crippen LogP contribution in [0.25, 0.3) is 0 Å². The van der Waals surface area contributed by atoms with Gasteiger partial charge in [0.05, 0.1) is 6.54 Å². The van der Waals surface area contributed by atoms with E-state index in [2.05, 4.69) is 22.9 Å². The molecule has 1 saturated carbocycles. The zero-order valence-electron chi connectivity index (χ0n) is 16.8. The number of nitrogens with one attached hydrogen (secondary N) is 3. The van der Waals surface area contributed by atoms with Crippen molar-refractivity contribution >= 4 is 11.9 Å². The fourth-order valence-electron chi connectivity index (χ4n) is 3.48. The van der Waals surface area contributed by atoms with E-state index in [0.29, 0.717) is 6.54 Å². The second-order valence-corrected chi connectivity index (χ2v) is 7.50. The van der Waals surface area contributed by atoms with Gasteiger partial charge in [0.15, 0.2) is 5.96 Å². The molecule has 6 nitrogen and oxygen atoms in total. The number of amides is 1. The molecule has 2 atom stereocenters. The second-order valence-electron chi connectivity index (χ2n) is 7.50. The molecule has 1 fully saturated rings. The molecule has 0 bridgehead atoms. The van der Waals surface area contributed by atoms with Gasteiger partial charge in [0.1, 0.15) is 11.5 Å². The lowest BCUT2D eigenvalue weighted by atomic mass is 9.85. The van der Waals surface area contributed by atoms with Crippen LogP contribution in [0, 0.1) is 19.8 Å². The van der Waals surface area contributed by atoms with E-state index in [1.54, 1.807) is 0 Å². The monoisotopic (exact) mass is 362 g/mol. The quantitative estimate of drug-likeness (QED) is 0.537. The van der Waals surface area contributed by atoms with Gasteiger partial charge in [0.2, 0.25) is 5.91 Å². The number of rotatable bonds is 6. The molecule has 3 N–H and O–H groups in total. The highest BCUT2D eigenvalue weighted by molar-refractivity contribution is 5.81. The summed E-state index contributed by atoms with van der Waals surface area (Å²) >= 11 is 0. The summed E-state index contributed by atoms with van der Waals surface area (Å²) in [6.07, 6.45) is 3.96. The third kappa shape index (κ3) is 6.07. The minimum atomic E-state index is 0.0882. The molecule has 2 unspecified atom stereocenters. The topological polar surface area (TPSA) is 78.7 Å². The molecule has 1 aromatic rings. The normalized spacial score (nSPS) is 20.9. The fraction of sp³-hybridized carbons (Fsp3) is 0.700. The van der Waals surface area contributed by atoms with Gasteiger partial charge >= 0.3 is 0 Å². The van der Waals surface area contributed by atoms with E-state index in [-0.39, 0.29) is 23.9 Å². The number of nitrogens with zero attached hydrogens (tertiary/aromatic N) is 1. The van der Waals surface area contributed by atoms with E-state index in [1.807, 2.05) is 33.8 Å². The summed E-state index contributed by atoms with van der Waals surface area (Å²) < 4.78 is 5.57. The molecule has 2 rings (SSSR count). The molecule has 0 saturated heterocycles. The second kappa shape index (κ2) is 9.64. The zero-order valence-corrected chi connectivity index (χ0v) is 16.8. The first-order chi connectivity index (χ1) is 12.4. The van der Waals surface area contributed by atoms with Crippen molar-refractivity contribution in [2.75, 3.05) is 6.54 Å². The van der Waals surface area contributed by atoms with Crippen LogP contribution in [0.4, 0.5) is 0 Å². The highest BCUT2D eigenvalue weighted by Crippen LogP contribution is 2.24. The summed E-state index contributed by atoms with van der Waals surface area (Å²) in [7, 11) is 0. The van der Waals surface area contributed by atoms with Crippen molar-refractivity contribution in [2.45, 2.75) is 78.9 Å². The fourth-order valence-corrected chi connectivity index (χ4v) is 3.48. The Balaban J connectivity index is 1.96. The van der Waals surface area contributed by atoms with Gasteiger partial charge in [0.25, 0.3) is 0 Å². The lowest BCUT2D eigenvalue weighted by Crippen LogP contribution is -2.47. The smallest absolute Gasteiger partial charge is 0.223 e. The Hall–Kier alpha value is -1.98. The lowest BCUT2D eigenvalue weighted by Gasteiger charge is -2.30. The Bertz CT molecular complexity index is 621. The van der Waals surface area contributed by atoms with E-state index in [0.717, 1.165) is 55.3 Å². The first-order valence-corrected chi connectivity index (χ1v) is 9.80. The van der Waals surface area contributed by atoms with Crippen molar-refractivity contribution in [3.8, 4) is 0 Å². The molecule has 1 aliphatic rings. The van der Waals surface area contributed by atoms with Crippen molar-refractivity contribution in [1.82, 2.24) is 16.0 Å². The minimum Gasteiger partial charge on any atom is -0.466 e. The predicted molar refractivity (Wildman–Crippen MR) is 105 cm³/mol. The number of hydrogen-bond acceptors (Lipinski definition) is 3. The molecule has 146 valence electrons. The van der Waals surface area contributed by atoms with Crippen molar-refractivity contribution in [2.24, 2.45) is 10.9 Å². The van der Waals surface area contributed by atoms with Crippen molar-refractivity contribution in [3.63, 3.8) is 0 Å². The van der Waals surface area contributed by atoms with Crippen LogP contribution in [-0.4, -0.2) is 30.5 Å². The summed E-state index contributed by atoms with van der Waals surface area (Å²) in [6.45, 7) is 11.4. The van der Waals surface area contributed by atoms with Crippen molar-refractivity contribution in [1.29, 1.82) is 0 Å². The predicted octanol–water partition coefficient (Wildman–Crippen LogP) is 3.03. The van der Waals surface area contributed by atoms with Gasteiger partial charge in [-0.1, -0.05) is 6.42 Å². The molecule has 1 aromatic heterocycles. The molecule has 0 radical (unpaired) electrons. The van der Waals surface area contributed by atoms with Gasteiger partial charge in [0, 0.05) is 30.1 Å². The Morgan fingerprint density at radius 2 is 2.12 bits per heavy atom. The maximum atomic E-state index is 12.3. The molecule has 1 aliphatic carbocycles. The average Bonchev–Trinajstić information content (AvgIpc) is 2.90. The number of hydrogen-bond donors (Lipinski definition) is 3. The lowest BCUT2D eigenvalue weighted by molar-refractivity contribution is -0.126. The molecule has 0 aliphatic heterocycles. The van der Waals surface area contributed by atoms with Crippen LogP contribution in [0.5, 0.6) is 0 Å². The minimum absolute atomic E-state index is 0.0882. The molecule has 1 heterocycles. The standard InChI is InChI=1S/C20H34N4O2/c1-6-21-20(22-12-17-10-14(4)26-15(17)5)24-18-9-7-8-16(11-18)19(25)23-13(2)3/h10,13,16,18H,6-9,11-12H2,1-5H3,(H,23,25)(H2,21,22,24). The first-order valence-electron chi connectivity index (χ1n) is 9.80. The molecular weight excluding hydrogens is 328 g/mol. The van der Waals surface area contributed by atoms with Crippen molar-refractivity contribution < 1.29 is 9.21 Å². The molecular formula is C20H34N4O2. The van der Waals surface area contributed by atoms with Crippen LogP contribution < -0.4 is 16.0 Å². The summed E-state index contributed by atoms with van der Waals surface area (Å²) in [6, 6.07) is 2.50. The van der Waals surface area contributed by atoms with Crippen LogP contribution >= 0.6 is 0 Å². The van der Waals surface area contributed by atoms with E-state index in [1.165, 1.54) is 0 Å². The zero-order chi connectivity index (χ0) is 19.1. The third-order valence-corrected chi connectivity index (χ3v) is 4.71. The van der Waals surface area contributed by atoms with Crippen LogP contribution in [0.15, 0.2) is 15.5 Å². The van der Waals surface area contributed by atoms with E-state index in [4.69, 9.17) is 9.41 Å². The van der Waals surface area contributed by atoms with Crippen LogP contribution in [0.3, 0.4) is 0 Å². The highest BCUT2D eigenvalue weighted by Gasteiger charge is 2.28. The SMILES string of the molecule is CCNC(=NCc1cc(C)oc1C)NC1CCCC(C(=O)NC(C)C)C1.